The summed E-state index contributed by atoms with van der Waals surface area (Å²) in [6.07, 6.45) is 23.1. The highest BCUT2D eigenvalue weighted by molar-refractivity contribution is 7.89. The molecule has 2 unspecified atom stereocenters. The zero-order valence-electron chi connectivity index (χ0n) is 27.3. The first-order valence-corrected chi connectivity index (χ1v) is 18.6. The van der Waals surface area contributed by atoms with E-state index in [0.29, 0.717) is 13.0 Å². The summed E-state index contributed by atoms with van der Waals surface area (Å²) in [6, 6.07) is -0.449. The van der Waals surface area contributed by atoms with Gasteiger partial charge in [0.05, 0.1) is 12.2 Å². The second kappa shape index (κ2) is 26.0. The van der Waals surface area contributed by atoms with Crippen LogP contribution in [0.25, 0.3) is 0 Å². The molecule has 0 aromatic carbocycles. The van der Waals surface area contributed by atoms with Gasteiger partial charge in [0.2, 0.25) is 10.0 Å². The van der Waals surface area contributed by atoms with E-state index in [0.717, 1.165) is 64.3 Å². The molecule has 0 saturated carbocycles. The Morgan fingerprint density at radius 3 is 1.50 bits per heavy atom. The highest BCUT2D eigenvalue weighted by atomic mass is 32.2. The van der Waals surface area contributed by atoms with Gasteiger partial charge in [-0.3, -0.25) is 4.79 Å². The number of sulfonamides is 1. The Morgan fingerprint density at radius 1 is 0.625 bits per heavy atom. The molecule has 240 valence electrons. The van der Waals surface area contributed by atoms with Crippen molar-refractivity contribution in [1.29, 1.82) is 0 Å². The Balaban J connectivity index is 5.51. The molecule has 0 aliphatic heterocycles. The largest absolute Gasteiger partial charge is 0.481 e. The van der Waals surface area contributed by atoms with Crippen LogP contribution in [0.3, 0.4) is 0 Å². The minimum absolute atomic E-state index is 0.102. The summed E-state index contributed by atoms with van der Waals surface area (Å²) >= 11 is 0. The lowest BCUT2D eigenvalue weighted by atomic mass is 9.96. The summed E-state index contributed by atoms with van der Waals surface area (Å²) in [7, 11) is 0.436. The highest BCUT2D eigenvalue weighted by Gasteiger charge is 2.32. The van der Waals surface area contributed by atoms with Crippen LogP contribution >= 0.6 is 0 Å². The van der Waals surface area contributed by atoms with Crippen molar-refractivity contribution in [2.75, 3.05) is 32.9 Å². The Morgan fingerprint density at radius 2 is 1.05 bits per heavy atom. The van der Waals surface area contributed by atoms with Gasteiger partial charge >= 0.3 is 5.97 Å². The van der Waals surface area contributed by atoms with Gasteiger partial charge in [-0.2, -0.15) is 4.31 Å². The smallest absolute Gasteiger partial charge is 0.304 e. The van der Waals surface area contributed by atoms with Crippen molar-refractivity contribution >= 4 is 16.0 Å². The lowest BCUT2D eigenvalue weighted by Crippen LogP contribution is -2.45. The standard InChI is InChI=1S/C33H68N2O4S/c1-6-9-12-15-17-19-22-26-32(29-33(36)37)35(28-23-27-34(4)5)40(38,39)30-31(24-20-14-11-8-3)25-21-18-16-13-10-7-2/h31-32H,6-30H2,1-5H3,(H,36,37). The zero-order valence-corrected chi connectivity index (χ0v) is 28.1. The summed E-state index contributed by atoms with van der Waals surface area (Å²) in [5.74, 6) is -0.569. The van der Waals surface area contributed by atoms with Crippen LogP contribution in [0.2, 0.25) is 0 Å². The maximum absolute atomic E-state index is 14.0. The fourth-order valence-electron chi connectivity index (χ4n) is 5.76. The van der Waals surface area contributed by atoms with E-state index in [1.54, 1.807) is 4.31 Å². The lowest BCUT2D eigenvalue weighted by molar-refractivity contribution is -0.138. The van der Waals surface area contributed by atoms with Crippen LogP contribution in [-0.2, 0) is 14.8 Å². The third-order valence-electron chi connectivity index (χ3n) is 8.18. The van der Waals surface area contributed by atoms with E-state index in [4.69, 9.17) is 0 Å². The summed E-state index contributed by atoms with van der Waals surface area (Å²) < 4.78 is 29.7. The quantitative estimate of drug-likeness (QED) is 0.0848. The Labute approximate surface area is 250 Å². The second-order valence-corrected chi connectivity index (χ2v) is 14.4. The van der Waals surface area contributed by atoms with Crippen molar-refractivity contribution in [2.45, 2.75) is 168 Å². The van der Waals surface area contributed by atoms with Crippen molar-refractivity contribution in [1.82, 2.24) is 9.21 Å². The van der Waals surface area contributed by atoms with Gasteiger partial charge in [-0.25, -0.2) is 8.42 Å². The molecule has 0 aliphatic rings. The molecule has 2 atom stereocenters. The average molecular weight is 589 g/mol. The van der Waals surface area contributed by atoms with Crippen LogP contribution in [-0.4, -0.2) is 67.7 Å². The summed E-state index contributed by atoms with van der Waals surface area (Å²) in [4.78, 5) is 13.9. The molecule has 0 radical (unpaired) electrons. The van der Waals surface area contributed by atoms with Gasteiger partial charge in [0, 0.05) is 12.6 Å². The molecule has 0 rings (SSSR count). The van der Waals surface area contributed by atoms with E-state index in [-0.39, 0.29) is 18.1 Å². The van der Waals surface area contributed by atoms with Crippen molar-refractivity contribution in [3.63, 3.8) is 0 Å². The SMILES string of the molecule is CCCCCCCCCC(CC(=O)O)N(CCCN(C)C)S(=O)(=O)CC(CCCCCC)CCCCCCCC. The maximum atomic E-state index is 14.0. The number of hydrogen-bond acceptors (Lipinski definition) is 4. The number of carbonyl (C=O) groups is 1. The predicted octanol–water partition coefficient (Wildman–Crippen LogP) is 8.89. The molecule has 0 aromatic rings. The number of hydrogen-bond donors (Lipinski definition) is 1. The topological polar surface area (TPSA) is 77.9 Å². The van der Waals surface area contributed by atoms with E-state index >= 15 is 0 Å². The van der Waals surface area contributed by atoms with E-state index in [1.807, 2.05) is 14.1 Å². The Bertz CT molecular complexity index is 684. The molecule has 0 fully saturated rings. The van der Waals surface area contributed by atoms with Gasteiger partial charge in [0.25, 0.3) is 0 Å². The minimum Gasteiger partial charge on any atom is -0.481 e. The molecule has 7 heteroatoms. The van der Waals surface area contributed by atoms with Crippen LogP contribution in [0.15, 0.2) is 0 Å². The number of carboxylic acids is 1. The molecular weight excluding hydrogens is 520 g/mol. The lowest BCUT2D eigenvalue weighted by Gasteiger charge is -2.32. The number of carboxylic acid groups (broad SMARTS) is 1. The van der Waals surface area contributed by atoms with Crippen molar-refractivity contribution in [2.24, 2.45) is 5.92 Å². The first-order chi connectivity index (χ1) is 19.2. The number of nitrogens with zero attached hydrogens (tertiary/aromatic N) is 2. The van der Waals surface area contributed by atoms with Gasteiger partial charge in [0.1, 0.15) is 0 Å². The molecule has 0 spiro atoms. The van der Waals surface area contributed by atoms with Gasteiger partial charge in [-0.15, -0.1) is 0 Å². The van der Waals surface area contributed by atoms with Crippen LogP contribution in [0, 0.1) is 5.92 Å². The summed E-state index contributed by atoms with van der Waals surface area (Å²) in [5, 5.41) is 9.74. The molecule has 0 aliphatic carbocycles. The highest BCUT2D eigenvalue weighted by Crippen LogP contribution is 2.25. The van der Waals surface area contributed by atoms with Crippen molar-refractivity contribution in [3.05, 3.63) is 0 Å². The second-order valence-electron chi connectivity index (χ2n) is 12.5. The molecule has 0 heterocycles. The maximum Gasteiger partial charge on any atom is 0.304 e. The molecule has 40 heavy (non-hydrogen) atoms. The number of aliphatic carboxylic acids is 1. The molecule has 1 N–H and O–H groups in total. The first kappa shape index (κ1) is 39.3. The Hall–Kier alpha value is -0.660. The van der Waals surface area contributed by atoms with Crippen LogP contribution in [0.1, 0.15) is 162 Å². The summed E-state index contributed by atoms with van der Waals surface area (Å²) in [6.45, 7) is 7.85. The van der Waals surface area contributed by atoms with Crippen molar-refractivity contribution in [3.8, 4) is 0 Å². The van der Waals surface area contributed by atoms with Gasteiger partial charge in [-0.1, -0.05) is 130 Å². The predicted molar refractivity (Wildman–Crippen MR) is 173 cm³/mol. The van der Waals surface area contributed by atoms with E-state index in [9.17, 15) is 18.3 Å². The normalized spacial score (nSPS) is 13.8. The zero-order chi connectivity index (χ0) is 30.1. The van der Waals surface area contributed by atoms with Crippen LogP contribution in [0.5, 0.6) is 0 Å². The number of unbranched alkanes of at least 4 members (excludes halogenated alkanes) is 14. The fraction of sp³-hybridized carbons (Fsp3) is 0.970. The molecule has 0 bridgehead atoms. The number of rotatable bonds is 30. The molecule has 0 amide bonds. The third kappa shape index (κ3) is 22.0. The summed E-state index contributed by atoms with van der Waals surface area (Å²) in [5.41, 5.74) is 0. The first-order valence-electron chi connectivity index (χ1n) is 17.0. The van der Waals surface area contributed by atoms with Gasteiger partial charge in [0.15, 0.2) is 0 Å². The van der Waals surface area contributed by atoms with Crippen LogP contribution < -0.4 is 0 Å². The van der Waals surface area contributed by atoms with Gasteiger partial charge in [-0.05, 0) is 52.2 Å². The Kier molecular flexibility index (Phi) is 25.6. The van der Waals surface area contributed by atoms with Gasteiger partial charge < -0.3 is 10.0 Å². The third-order valence-corrected chi connectivity index (χ3v) is 10.3. The van der Waals surface area contributed by atoms with E-state index in [1.165, 1.54) is 70.6 Å². The fourth-order valence-corrected chi connectivity index (χ4v) is 7.92. The molecular formula is C33H68N2O4S. The minimum atomic E-state index is -3.56. The van der Waals surface area contributed by atoms with Crippen molar-refractivity contribution < 1.29 is 18.3 Å². The van der Waals surface area contributed by atoms with E-state index in [2.05, 4.69) is 25.7 Å². The van der Waals surface area contributed by atoms with Crippen LogP contribution in [0.4, 0.5) is 0 Å². The molecule has 6 nitrogen and oxygen atoms in total. The molecule has 0 aromatic heterocycles. The average Bonchev–Trinajstić information content (AvgIpc) is 2.89. The molecule has 0 saturated heterocycles. The monoisotopic (exact) mass is 588 g/mol. The van der Waals surface area contributed by atoms with E-state index < -0.39 is 22.0 Å².